The lowest BCUT2D eigenvalue weighted by Crippen LogP contribution is -2.05. The van der Waals surface area contributed by atoms with E-state index >= 15 is 0 Å². The van der Waals surface area contributed by atoms with Gasteiger partial charge in [-0.3, -0.25) is 5.10 Å². The fourth-order valence-corrected chi connectivity index (χ4v) is 3.09. The lowest BCUT2D eigenvalue weighted by molar-refractivity contribution is 1.02. The summed E-state index contributed by atoms with van der Waals surface area (Å²) >= 11 is 6.38. The number of hydrogen-bond acceptors (Lipinski definition) is 7. The molecule has 0 fully saturated rings. The van der Waals surface area contributed by atoms with Gasteiger partial charge in [0.25, 0.3) is 0 Å². The topological polar surface area (TPSA) is 130 Å². The Morgan fingerprint density at radius 2 is 1.89 bits per heavy atom. The lowest BCUT2D eigenvalue weighted by Gasteiger charge is -2.12. The zero-order valence-electron chi connectivity index (χ0n) is 14.4. The van der Waals surface area contributed by atoms with Crippen molar-refractivity contribution >= 4 is 28.3 Å². The van der Waals surface area contributed by atoms with Crippen LogP contribution in [0, 0.1) is 25.2 Å². The van der Waals surface area contributed by atoms with Crippen LogP contribution in [0.2, 0.25) is 5.02 Å². The van der Waals surface area contributed by atoms with Gasteiger partial charge in [0.15, 0.2) is 11.5 Å². The van der Waals surface area contributed by atoms with E-state index < -0.39 is 0 Å². The number of aryl methyl sites for hydroxylation is 2. The van der Waals surface area contributed by atoms with Crippen molar-refractivity contribution in [1.29, 1.82) is 5.26 Å². The van der Waals surface area contributed by atoms with Gasteiger partial charge in [0.2, 0.25) is 0 Å². The van der Waals surface area contributed by atoms with E-state index in [0.717, 1.165) is 16.5 Å². The second-order valence-electron chi connectivity index (χ2n) is 6.01. The Bertz CT molecular complexity index is 1240. The van der Waals surface area contributed by atoms with E-state index in [1.807, 2.05) is 19.1 Å². The normalized spacial score (nSPS) is 10.9. The molecule has 0 bridgehead atoms. The van der Waals surface area contributed by atoms with E-state index in [4.69, 9.17) is 17.3 Å². The number of nitrogens with zero attached hydrogens (tertiary/aromatic N) is 6. The number of aromatic nitrogens is 6. The Balaban J connectivity index is 2.06. The monoisotopic (exact) mass is 376 g/mol. The van der Waals surface area contributed by atoms with E-state index in [1.165, 1.54) is 0 Å². The van der Waals surface area contributed by atoms with Gasteiger partial charge in [-0.05, 0) is 31.5 Å². The van der Waals surface area contributed by atoms with Gasteiger partial charge >= 0.3 is 0 Å². The van der Waals surface area contributed by atoms with Crippen molar-refractivity contribution in [2.24, 2.45) is 0 Å². The third-order valence-corrected chi connectivity index (χ3v) is 4.42. The van der Waals surface area contributed by atoms with E-state index in [2.05, 4.69) is 30.1 Å². The molecule has 0 radical (unpaired) electrons. The summed E-state index contributed by atoms with van der Waals surface area (Å²) in [6.07, 6.45) is 3.38. The van der Waals surface area contributed by atoms with Gasteiger partial charge < -0.3 is 5.73 Å². The molecule has 9 heteroatoms. The summed E-state index contributed by atoms with van der Waals surface area (Å²) in [6.45, 7) is 3.67. The van der Waals surface area contributed by atoms with Crippen molar-refractivity contribution in [1.82, 2.24) is 30.1 Å². The van der Waals surface area contributed by atoms with Crippen molar-refractivity contribution in [2.75, 3.05) is 5.73 Å². The van der Waals surface area contributed by atoms with Gasteiger partial charge in [0, 0.05) is 17.1 Å². The number of halogens is 1. The smallest absolute Gasteiger partial charge is 0.183 e. The van der Waals surface area contributed by atoms with Gasteiger partial charge in [-0.15, -0.1) is 0 Å². The van der Waals surface area contributed by atoms with Crippen LogP contribution in [0.25, 0.3) is 33.5 Å². The zero-order valence-corrected chi connectivity index (χ0v) is 15.2. The summed E-state index contributed by atoms with van der Waals surface area (Å²) in [5.74, 6) is 0.636. The van der Waals surface area contributed by atoms with Crippen LogP contribution in [0.1, 0.15) is 17.1 Å². The van der Waals surface area contributed by atoms with Crippen LogP contribution in [-0.4, -0.2) is 30.1 Å². The molecule has 3 heterocycles. The minimum absolute atomic E-state index is 0.0422. The fourth-order valence-electron chi connectivity index (χ4n) is 2.82. The number of hydrogen-bond donors (Lipinski definition) is 2. The number of H-pyrrole nitrogens is 1. The highest BCUT2D eigenvalue weighted by molar-refractivity contribution is 6.35. The molecule has 0 aliphatic rings. The number of nitriles is 1. The van der Waals surface area contributed by atoms with Crippen molar-refractivity contribution in [3.05, 3.63) is 46.6 Å². The molecule has 0 unspecified atom stereocenters. The number of nitrogens with one attached hydrogen (secondary N) is 1. The highest BCUT2D eigenvalue weighted by atomic mass is 35.5. The van der Waals surface area contributed by atoms with E-state index in [9.17, 15) is 5.26 Å². The molecule has 0 amide bonds. The number of aromatic amines is 1. The van der Waals surface area contributed by atoms with Crippen LogP contribution in [0.5, 0.6) is 0 Å². The molecule has 4 aromatic rings. The molecule has 1 aromatic carbocycles. The molecule has 3 aromatic heterocycles. The average molecular weight is 377 g/mol. The molecule has 0 aliphatic carbocycles. The van der Waals surface area contributed by atoms with Crippen molar-refractivity contribution in [2.45, 2.75) is 13.8 Å². The highest BCUT2D eigenvalue weighted by Gasteiger charge is 2.19. The van der Waals surface area contributed by atoms with Crippen LogP contribution >= 0.6 is 11.6 Å². The molecule has 4 rings (SSSR count). The van der Waals surface area contributed by atoms with Crippen LogP contribution in [0.3, 0.4) is 0 Å². The second kappa shape index (κ2) is 6.30. The number of anilines is 1. The maximum Gasteiger partial charge on any atom is 0.183 e. The predicted molar refractivity (Wildman–Crippen MR) is 102 cm³/mol. The quantitative estimate of drug-likeness (QED) is 0.549. The summed E-state index contributed by atoms with van der Waals surface area (Å²) in [6, 6.07) is 5.59. The molecular formula is C18H13ClN8. The second-order valence-corrected chi connectivity index (χ2v) is 6.41. The Labute approximate surface area is 159 Å². The highest BCUT2D eigenvalue weighted by Crippen LogP contribution is 2.35. The Hall–Kier alpha value is -3.57. The standard InChI is InChI=1S/C18H13ClN8/c1-8-6-22-9(2)24-14(8)17-16(25-13(5-20)18(21)26-17)10-3-11-7-23-27-15(11)12(19)4-10/h3-4,6-7H,1-2H3,(H2,21,26)(H,23,27). The third kappa shape index (κ3) is 2.84. The van der Waals surface area contributed by atoms with Gasteiger partial charge in [-0.2, -0.15) is 10.4 Å². The lowest BCUT2D eigenvalue weighted by atomic mass is 10.0. The fraction of sp³-hybridized carbons (Fsp3) is 0.111. The van der Waals surface area contributed by atoms with Gasteiger partial charge in [0.1, 0.15) is 17.6 Å². The van der Waals surface area contributed by atoms with E-state index in [-0.39, 0.29) is 11.5 Å². The molecule has 0 atom stereocenters. The molecule has 0 saturated carbocycles. The number of rotatable bonds is 2. The summed E-state index contributed by atoms with van der Waals surface area (Å²) < 4.78 is 0. The number of fused-ring (bicyclic) bond motifs is 1. The van der Waals surface area contributed by atoms with Gasteiger partial charge in [-0.1, -0.05) is 11.6 Å². The first-order valence-electron chi connectivity index (χ1n) is 7.99. The predicted octanol–water partition coefficient (Wildman–Crippen LogP) is 3.20. The Morgan fingerprint density at radius 3 is 2.67 bits per heavy atom. The molecule has 0 saturated heterocycles. The van der Waals surface area contributed by atoms with Crippen molar-refractivity contribution < 1.29 is 0 Å². The van der Waals surface area contributed by atoms with Crippen molar-refractivity contribution in [3.8, 4) is 28.7 Å². The van der Waals surface area contributed by atoms with E-state index in [0.29, 0.717) is 33.5 Å². The molecule has 132 valence electrons. The number of nitrogen functional groups attached to an aromatic ring is 1. The number of benzene rings is 1. The molecule has 0 spiro atoms. The van der Waals surface area contributed by atoms with Gasteiger partial charge in [0.05, 0.1) is 28.1 Å². The van der Waals surface area contributed by atoms with Crippen LogP contribution in [0.15, 0.2) is 24.5 Å². The Kier molecular flexibility index (Phi) is 3.94. The molecule has 27 heavy (non-hydrogen) atoms. The largest absolute Gasteiger partial charge is 0.381 e. The van der Waals surface area contributed by atoms with Crippen LogP contribution < -0.4 is 5.73 Å². The molecular weight excluding hydrogens is 364 g/mol. The zero-order chi connectivity index (χ0) is 19.1. The minimum Gasteiger partial charge on any atom is -0.381 e. The van der Waals surface area contributed by atoms with E-state index in [1.54, 1.807) is 25.4 Å². The summed E-state index contributed by atoms with van der Waals surface area (Å²) in [4.78, 5) is 17.6. The van der Waals surface area contributed by atoms with Gasteiger partial charge in [-0.25, -0.2) is 19.9 Å². The average Bonchev–Trinajstić information content (AvgIpc) is 3.12. The summed E-state index contributed by atoms with van der Waals surface area (Å²) in [5.41, 5.74) is 9.72. The number of nitrogens with two attached hydrogens (primary N) is 1. The first kappa shape index (κ1) is 16.9. The SMILES string of the molecule is Cc1ncc(C)c(-c2nc(N)c(C#N)nc2-c2cc(Cl)c3[nH]ncc3c2)n1. The molecule has 0 aliphatic heterocycles. The third-order valence-electron chi connectivity index (χ3n) is 4.12. The molecule has 8 nitrogen and oxygen atoms in total. The summed E-state index contributed by atoms with van der Waals surface area (Å²) in [5, 5.41) is 17.5. The van der Waals surface area contributed by atoms with Crippen LogP contribution in [0.4, 0.5) is 5.82 Å². The summed E-state index contributed by atoms with van der Waals surface area (Å²) in [7, 11) is 0. The minimum atomic E-state index is 0.0422. The maximum atomic E-state index is 9.34. The van der Waals surface area contributed by atoms with Crippen LogP contribution in [-0.2, 0) is 0 Å². The van der Waals surface area contributed by atoms with Crippen molar-refractivity contribution in [3.63, 3.8) is 0 Å². The maximum absolute atomic E-state index is 9.34. The first-order chi connectivity index (χ1) is 13.0. The molecule has 3 N–H and O–H groups in total. The first-order valence-corrected chi connectivity index (χ1v) is 8.37. The Morgan fingerprint density at radius 1 is 1.07 bits per heavy atom.